The molecule has 0 aromatic heterocycles. The zero-order valence-corrected chi connectivity index (χ0v) is 10.7. The van der Waals surface area contributed by atoms with E-state index in [4.69, 9.17) is 5.73 Å². The summed E-state index contributed by atoms with van der Waals surface area (Å²) in [6.45, 7) is 3.17. The number of aliphatic hydroxyl groups excluding tert-OH is 1. The Balaban J connectivity index is 2.14. The van der Waals surface area contributed by atoms with Crippen LogP contribution in [-0.4, -0.2) is 36.1 Å². The van der Waals surface area contributed by atoms with Crippen LogP contribution in [0.15, 0.2) is 24.3 Å². The molecular weight excluding hydrogens is 228 g/mol. The first kappa shape index (κ1) is 13.1. The Kier molecular flexibility index (Phi) is 3.68. The smallest absolute Gasteiger partial charge is 0.159 e. The number of carbonyl (C=O) groups excluding carboxylic acids is 1. The molecule has 0 spiro atoms. The predicted octanol–water partition coefficient (Wildman–Crippen LogP) is 1.18. The van der Waals surface area contributed by atoms with Crippen LogP contribution in [-0.2, 0) is 0 Å². The highest BCUT2D eigenvalue weighted by Crippen LogP contribution is 2.24. The highest BCUT2D eigenvalue weighted by Gasteiger charge is 2.30. The first-order chi connectivity index (χ1) is 8.54. The van der Waals surface area contributed by atoms with Gasteiger partial charge in [0.2, 0.25) is 0 Å². The van der Waals surface area contributed by atoms with Crippen molar-refractivity contribution < 1.29 is 9.90 Å². The molecule has 0 aliphatic carbocycles. The molecule has 4 nitrogen and oxygen atoms in total. The molecule has 1 unspecified atom stereocenters. The second-order valence-corrected chi connectivity index (χ2v) is 5.15. The molecule has 18 heavy (non-hydrogen) atoms. The van der Waals surface area contributed by atoms with Crippen LogP contribution in [0.5, 0.6) is 0 Å². The summed E-state index contributed by atoms with van der Waals surface area (Å²) in [5.41, 5.74) is 7.39. The Morgan fingerprint density at radius 1 is 1.44 bits per heavy atom. The SMILES string of the molecule is CC(=O)c1ccc(N2CCCC(N)(CO)C2)cc1. The molecule has 1 saturated heterocycles. The normalized spacial score (nSPS) is 24.1. The highest BCUT2D eigenvalue weighted by molar-refractivity contribution is 5.94. The summed E-state index contributed by atoms with van der Waals surface area (Å²) >= 11 is 0. The predicted molar refractivity (Wildman–Crippen MR) is 71.9 cm³/mol. The van der Waals surface area contributed by atoms with E-state index in [0.717, 1.165) is 30.6 Å². The van der Waals surface area contributed by atoms with Gasteiger partial charge in [-0.2, -0.15) is 0 Å². The summed E-state index contributed by atoms with van der Waals surface area (Å²) in [6.07, 6.45) is 1.83. The Hall–Kier alpha value is -1.39. The molecule has 1 aromatic rings. The van der Waals surface area contributed by atoms with E-state index in [9.17, 15) is 9.90 Å². The zero-order chi connectivity index (χ0) is 13.2. The van der Waals surface area contributed by atoms with Gasteiger partial charge in [0.25, 0.3) is 0 Å². The molecule has 98 valence electrons. The maximum atomic E-state index is 11.2. The fourth-order valence-corrected chi connectivity index (χ4v) is 2.42. The Labute approximate surface area is 107 Å². The Morgan fingerprint density at radius 3 is 2.67 bits per heavy atom. The molecule has 3 N–H and O–H groups in total. The Morgan fingerprint density at radius 2 is 2.11 bits per heavy atom. The number of piperidine rings is 1. The van der Waals surface area contributed by atoms with E-state index in [2.05, 4.69) is 4.90 Å². The molecule has 4 heteroatoms. The van der Waals surface area contributed by atoms with Crippen LogP contribution < -0.4 is 10.6 Å². The molecule has 1 fully saturated rings. The van der Waals surface area contributed by atoms with Crippen molar-refractivity contribution in [1.29, 1.82) is 0 Å². The van der Waals surface area contributed by atoms with E-state index in [0.29, 0.717) is 6.54 Å². The number of nitrogens with two attached hydrogens (primary N) is 1. The number of nitrogens with zero attached hydrogens (tertiary/aromatic N) is 1. The van der Waals surface area contributed by atoms with E-state index in [-0.39, 0.29) is 12.4 Å². The number of carbonyl (C=O) groups is 1. The average molecular weight is 248 g/mol. The summed E-state index contributed by atoms with van der Waals surface area (Å²) in [6, 6.07) is 7.56. The number of rotatable bonds is 3. The van der Waals surface area contributed by atoms with Crippen LogP contribution in [0.2, 0.25) is 0 Å². The van der Waals surface area contributed by atoms with Crippen LogP contribution in [0.4, 0.5) is 5.69 Å². The fourth-order valence-electron chi connectivity index (χ4n) is 2.42. The highest BCUT2D eigenvalue weighted by atomic mass is 16.3. The lowest BCUT2D eigenvalue weighted by atomic mass is 9.90. The van der Waals surface area contributed by atoms with Gasteiger partial charge < -0.3 is 15.7 Å². The first-order valence-corrected chi connectivity index (χ1v) is 6.30. The molecule has 1 heterocycles. The lowest BCUT2D eigenvalue weighted by Gasteiger charge is -2.40. The number of aliphatic hydroxyl groups is 1. The monoisotopic (exact) mass is 248 g/mol. The largest absolute Gasteiger partial charge is 0.394 e. The number of ketones is 1. The van der Waals surface area contributed by atoms with Crippen molar-refractivity contribution >= 4 is 11.5 Å². The van der Waals surface area contributed by atoms with Gasteiger partial charge in [-0.25, -0.2) is 0 Å². The number of anilines is 1. The summed E-state index contributed by atoms with van der Waals surface area (Å²) in [4.78, 5) is 13.4. The van der Waals surface area contributed by atoms with Gasteiger partial charge in [-0.1, -0.05) is 0 Å². The topological polar surface area (TPSA) is 66.6 Å². The van der Waals surface area contributed by atoms with Gasteiger partial charge in [0, 0.05) is 24.3 Å². The third-order valence-corrected chi connectivity index (χ3v) is 3.56. The van der Waals surface area contributed by atoms with Gasteiger partial charge in [-0.3, -0.25) is 4.79 Å². The van der Waals surface area contributed by atoms with Crippen LogP contribution >= 0.6 is 0 Å². The molecule has 0 amide bonds. The molecule has 0 saturated carbocycles. The van der Waals surface area contributed by atoms with E-state index in [1.165, 1.54) is 0 Å². The zero-order valence-electron chi connectivity index (χ0n) is 10.7. The standard InChI is InChI=1S/C14H20N2O2/c1-11(18)12-3-5-13(6-4-12)16-8-2-7-14(15,9-16)10-17/h3-6,17H,2,7-10,15H2,1H3. The molecule has 1 aliphatic heterocycles. The van der Waals surface area contributed by atoms with E-state index in [1.807, 2.05) is 24.3 Å². The van der Waals surface area contributed by atoms with Crippen LogP contribution in [0.25, 0.3) is 0 Å². The molecule has 1 atom stereocenters. The van der Waals surface area contributed by atoms with E-state index < -0.39 is 5.54 Å². The van der Waals surface area contributed by atoms with Crippen LogP contribution in [0.1, 0.15) is 30.1 Å². The van der Waals surface area contributed by atoms with Gasteiger partial charge in [0.05, 0.1) is 12.1 Å². The van der Waals surface area contributed by atoms with Gasteiger partial charge in [-0.05, 0) is 44.0 Å². The summed E-state index contributed by atoms with van der Waals surface area (Å²) < 4.78 is 0. The summed E-state index contributed by atoms with van der Waals surface area (Å²) in [7, 11) is 0. The van der Waals surface area contributed by atoms with Crippen molar-refractivity contribution in [2.24, 2.45) is 5.73 Å². The van der Waals surface area contributed by atoms with Crippen molar-refractivity contribution in [2.75, 3.05) is 24.6 Å². The molecular formula is C14H20N2O2. The van der Waals surface area contributed by atoms with E-state index in [1.54, 1.807) is 6.92 Å². The van der Waals surface area contributed by atoms with Gasteiger partial charge in [0.1, 0.15) is 0 Å². The molecule has 0 bridgehead atoms. The minimum absolute atomic E-state index is 0.00896. The van der Waals surface area contributed by atoms with Gasteiger partial charge in [-0.15, -0.1) is 0 Å². The van der Waals surface area contributed by atoms with Crippen molar-refractivity contribution in [3.63, 3.8) is 0 Å². The first-order valence-electron chi connectivity index (χ1n) is 6.30. The third kappa shape index (κ3) is 2.71. The number of hydrogen-bond donors (Lipinski definition) is 2. The second-order valence-electron chi connectivity index (χ2n) is 5.15. The van der Waals surface area contributed by atoms with Crippen molar-refractivity contribution in [3.8, 4) is 0 Å². The molecule has 1 aliphatic rings. The minimum Gasteiger partial charge on any atom is -0.394 e. The average Bonchev–Trinajstić information content (AvgIpc) is 2.39. The van der Waals surface area contributed by atoms with Crippen molar-refractivity contribution in [1.82, 2.24) is 0 Å². The lowest BCUT2D eigenvalue weighted by Crippen LogP contribution is -2.56. The van der Waals surface area contributed by atoms with Crippen molar-refractivity contribution in [2.45, 2.75) is 25.3 Å². The minimum atomic E-state index is -0.502. The third-order valence-electron chi connectivity index (χ3n) is 3.56. The van der Waals surface area contributed by atoms with Gasteiger partial charge in [0.15, 0.2) is 5.78 Å². The van der Waals surface area contributed by atoms with Crippen LogP contribution in [0.3, 0.4) is 0 Å². The Bertz CT molecular complexity index is 430. The van der Waals surface area contributed by atoms with Crippen LogP contribution in [0, 0.1) is 0 Å². The molecule has 2 rings (SSSR count). The number of Topliss-reactive ketones (excluding diaryl/α,β-unsaturated/α-hetero) is 1. The van der Waals surface area contributed by atoms with Crippen molar-refractivity contribution in [3.05, 3.63) is 29.8 Å². The molecule has 1 aromatic carbocycles. The second kappa shape index (κ2) is 5.08. The van der Waals surface area contributed by atoms with Gasteiger partial charge >= 0.3 is 0 Å². The quantitative estimate of drug-likeness (QED) is 0.788. The lowest BCUT2D eigenvalue weighted by molar-refractivity contribution is 0.101. The molecule has 0 radical (unpaired) electrons. The van der Waals surface area contributed by atoms with E-state index >= 15 is 0 Å². The number of hydrogen-bond acceptors (Lipinski definition) is 4. The summed E-state index contributed by atoms with van der Waals surface area (Å²) in [5.74, 6) is 0.0729. The number of benzene rings is 1. The maximum Gasteiger partial charge on any atom is 0.159 e. The maximum absolute atomic E-state index is 11.2. The summed E-state index contributed by atoms with van der Waals surface area (Å²) in [5, 5.41) is 9.34. The fraction of sp³-hybridized carbons (Fsp3) is 0.500.